The number of rotatable bonds is 5. The Bertz CT molecular complexity index is 797. The quantitative estimate of drug-likeness (QED) is 0.661. The van der Waals surface area contributed by atoms with Gasteiger partial charge in [0.25, 0.3) is 0 Å². The lowest BCUT2D eigenvalue weighted by atomic mass is 9.73. The summed E-state index contributed by atoms with van der Waals surface area (Å²) in [6, 6.07) is 7.20. The number of hydrogen-bond acceptors (Lipinski definition) is 3. The summed E-state index contributed by atoms with van der Waals surface area (Å²) in [6.07, 6.45) is 3.47. The fourth-order valence-corrected chi connectivity index (χ4v) is 3.54. The number of imidazole rings is 1. The lowest BCUT2D eigenvalue weighted by Crippen LogP contribution is -2.48. The van der Waals surface area contributed by atoms with Crippen molar-refractivity contribution in [3.8, 4) is 0 Å². The largest absolute Gasteiger partial charge is 0.392 e. The first-order valence-corrected chi connectivity index (χ1v) is 8.87. The van der Waals surface area contributed by atoms with Gasteiger partial charge < -0.3 is 20.7 Å². The van der Waals surface area contributed by atoms with Gasteiger partial charge in [0.2, 0.25) is 0 Å². The number of aromatic amines is 1. The predicted octanol–water partition coefficient (Wildman–Crippen LogP) is 1.57. The number of carbonyl (C=O) groups excluding carboxylic acids is 1. The lowest BCUT2D eigenvalue weighted by Gasteiger charge is -2.38. The van der Waals surface area contributed by atoms with Crippen molar-refractivity contribution in [2.75, 3.05) is 13.1 Å². The van der Waals surface area contributed by atoms with Crippen LogP contribution >= 0.6 is 0 Å². The minimum atomic E-state index is -0.369. The fraction of sp³-hybridized carbons (Fsp3) is 0.556. The van der Waals surface area contributed by atoms with Crippen LogP contribution in [0, 0.1) is 5.41 Å². The van der Waals surface area contributed by atoms with E-state index in [9.17, 15) is 14.7 Å². The maximum absolute atomic E-state index is 12.0. The normalized spacial score (nSPS) is 23.5. The summed E-state index contributed by atoms with van der Waals surface area (Å²) in [5, 5.41) is 15.8. The Morgan fingerprint density at radius 3 is 2.96 bits per heavy atom. The van der Waals surface area contributed by atoms with Crippen LogP contribution in [0.1, 0.15) is 32.6 Å². The van der Waals surface area contributed by atoms with E-state index in [2.05, 4.69) is 15.6 Å². The summed E-state index contributed by atoms with van der Waals surface area (Å²) in [5.74, 6) is 0. The van der Waals surface area contributed by atoms with Crippen molar-refractivity contribution in [3.63, 3.8) is 0 Å². The van der Waals surface area contributed by atoms with Crippen LogP contribution in [0.2, 0.25) is 0 Å². The Balaban J connectivity index is 1.49. The van der Waals surface area contributed by atoms with Crippen LogP contribution in [0.5, 0.6) is 0 Å². The van der Waals surface area contributed by atoms with Crippen LogP contribution in [0.25, 0.3) is 11.0 Å². The van der Waals surface area contributed by atoms with Crippen molar-refractivity contribution < 1.29 is 9.90 Å². The zero-order valence-electron chi connectivity index (χ0n) is 14.5. The van der Waals surface area contributed by atoms with Gasteiger partial charge in [0.15, 0.2) is 0 Å². The molecule has 2 atom stereocenters. The smallest absolute Gasteiger partial charge is 0.326 e. The molecule has 0 saturated heterocycles. The highest BCUT2D eigenvalue weighted by Crippen LogP contribution is 2.35. The maximum Gasteiger partial charge on any atom is 0.326 e. The number of fused-ring (bicyclic) bond motifs is 1. The molecule has 25 heavy (non-hydrogen) atoms. The van der Waals surface area contributed by atoms with Gasteiger partial charge in [0, 0.05) is 25.0 Å². The molecular formula is C18H26N4O3. The van der Waals surface area contributed by atoms with Gasteiger partial charge in [-0.15, -0.1) is 0 Å². The Morgan fingerprint density at radius 2 is 2.16 bits per heavy atom. The zero-order valence-corrected chi connectivity index (χ0v) is 14.5. The maximum atomic E-state index is 12.0. The van der Waals surface area contributed by atoms with Crippen molar-refractivity contribution in [2.45, 2.75) is 45.3 Å². The van der Waals surface area contributed by atoms with E-state index in [4.69, 9.17) is 0 Å². The van der Waals surface area contributed by atoms with Crippen LogP contribution in [0.15, 0.2) is 29.1 Å². The Morgan fingerprint density at radius 1 is 1.36 bits per heavy atom. The number of aromatic nitrogens is 2. The summed E-state index contributed by atoms with van der Waals surface area (Å²) >= 11 is 0. The van der Waals surface area contributed by atoms with Gasteiger partial charge in [-0.25, -0.2) is 9.59 Å². The number of benzene rings is 1. The second-order valence-electron chi connectivity index (χ2n) is 7.12. The second kappa shape index (κ2) is 7.31. The highest BCUT2D eigenvalue weighted by atomic mass is 16.3. The van der Waals surface area contributed by atoms with E-state index in [1.807, 2.05) is 31.2 Å². The van der Waals surface area contributed by atoms with Gasteiger partial charge in [0.1, 0.15) is 0 Å². The van der Waals surface area contributed by atoms with Crippen molar-refractivity contribution in [2.24, 2.45) is 5.41 Å². The zero-order chi connectivity index (χ0) is 17.9. The molecule has 3 rings (SSSR count). The molecule has 2 amide bonds. The Hall–Kier alpha value is -2.28. The van der Waals surface area contributed by atoms with E-state index in [0.717, 1.165) is 36.7 Å². The van der Waals surface area contributed by atoms with Gasteiger partial charge in [0.05, 0.1) is 17.1 Å². The minimum Gasteiger partial charge on any atom is -0.392 e. The number of nitrogens with zero attached hydrogens (tertiary/aromatic N) is 1. The molecule has 0 spiro atoms. The molecule has 4 N–H and O–H groups in total. The van der Waals surface area contributed by atoms with E-state index >= 15 is 0 Å². The molecule has 0 bridgehead atoms. The number of para-hydroxylation sites is 2. The molecule has 1 aliphatic carbocycles. The molecule has 7 heteroatoms. The van der Waals surface area contributed by atoms with E-state index in [1.54, 1.807) is 4.57 Å². The average Bonchev–Trinajstić information content (AvgIpc) is 2.92. The van der Waals surface area contributed by atoms with E-state index in [-0.39, 0.29) is 23.2 Å². The molecule has 1 heterocycles. The van der Waals surface area contributed by atoms with Crippen LogP contribution in [0.4, 0.5) is 4.79 Å². The lowest BCUT2D eigenvalue weighted by molar-refractivity contribution is 0.00309. The van der Waals surface area contributed by atoms with Crippen LogP contribution in [-0.4, -0.2) is 39.9 Å². The third-order valence-corrected chi connectivity index (χ3v) is 5.24. The van der Waals surface area contributed by atoms with Crippen molar-refractivity contribution in [1.29, 1.82) is 0 Å². The van der Waals surface area contributed by atoms with Gasteiger partial charge in [-0.3, -0.25) is 4.57 Å². The van der Waals surface area contributed by atoms with E-state index in [0.29, 0.717) is 19.6 Å². The number of hydrogen-bond donors (Lipinski definition) is 4. The summed E-state index contributed by atoms with van der Waals surface area (Å²) in [4.78, 5) is 26.8. The van der Waals surface area contributed by atoms with Crippen LogP contribution in [0.3, 0.4) is 0 Å². The second-order valence-corrected chi connectivity index (χ2v) is 7.12. The molecule has 0 radical (unpaired) electrons. The first-order valence-electron chi connectivity index (χ1n) is 8.87. The molecule has 1 aliphatic rings. The number of nitrogens with one attached hydrogen (secondary N) is 3. The number of aliphatic hydroxyl groups excluding tert-OH is 1. The van der Waals surface area contributed by atoms with Crippen LogP contribution in [-0.2, 0) is 6.54 Å². The first-order chi connectivity index (χ1) is 12.0. The highest BCUT2D eigenvalue weighted by molar-refractivity contribution is 5.75. The molecule has 1 aromatic carbocycles. The highest BCUT2D eigenvalue weighted by Gasteiger charge is 2.35. The first kappa shape index (κ1) is 17.5. The molecule has 1 fully saturated rings. The molecule has 1 saturated carbocycles. The topological polar surface area (TPSA) is 99.2 Å². The summed E-state index contributed by atoms with van der Waals surface area (Å²) in [7, 11) is 0. The number of H-pyrrole nitrogens is 1. The molecule has 1 aromatic heterocycles. The average molecular weight is 346 g/mol. The third-order valence-electron chi connectivity index (χ3n) is 5.24. The fourth-order valence-electron chi connectivity index (χ4n) is 3.54. The minimum absolute atomic E-state index is 0.179. The van der Waals surface area contributed by atoms with Crippen molar-refractivity contribution in [3.05, 3.63) is 34.7 Å². The SMILES string of the molecule is CC1(CNC(=O)NCCn2c(=O)[nH]c3ccccc32)CCCCC1O. The van der Waals surface area contributed by atoms with Gasteiger partial charge in [-0.1, -0.05) is 31.9 Å². The van der Waals surface area contributed by atoms with E-state index in [1.165, 1.54) is 0 Å². The number of aliphatic hydroxyl groups is 1. The van der Waals surface area contributed by atoms with Crippen molar-refractivity contribution in [1.82, 2.24) is 20.2 Å². The summed E-state index contributed by atoms with van der Waals surface area (Å²) in [6.45, 7) is 3.22. The molecule has 2 unspecified atom stereocenters. The number of carbonyl (C=O) groups is 1. The molecule has 0 aliphatic heterocycles. The summed E-state index contributed by atoms with van der Waals surface area (Å²) in [5.41, 5.74) is 1.17. The van der Waals surface area contributed by atoms with Crippen molar-refractivity contribution >= 4 is 17.1 Å². The number of amides is 2. The monoisotopic (exact) mass is 346 g/mol. The molecule has 136 valence electrons. The van der Waals surface area contributed by atoms with Crippen LogP contribution < -0.4 is 16.3 Å². The van der Waals surface area contributed by atoms with E-state index < -0.39 is 0 Å². The van der Waals surface area contributed by atoms with Gasteiger partial charge in [-0.05, 0) is 25.0 Å². The molecule has 2 aromatic rings. The molecule has 7 nitrogen and oxygen atoms in total. The van der Waals surface area contributed by atoms with Gasteiger partial charge in [-0.2, -0.15) is 0 Å². The number of urea groups is 1. The van der Waals surface area contributed by atoms with Gasteiger partial charge >= 0.3 is 11.7 Å². The Labute approximate surface area is 146 Å². The summed E-state index contributed by atoms with van der Waals surface area (Å²) < 4.78 is 1.61. The standard InChI is InChI=1S/C18H26N4O3/c1-18(9-5-4-8-15(18)23)12-20-16(24)19-10-11-22-14-7-3-2-6-13(14)21-17(22)25/h2-3,6-7,15,23H,4-5,8-12H2,1H3,(H,21,25)(H2,19,20,24). The molecular weight excluding hydrogens is 320 g/mol. The predicted molar refractivity (Wildman–Crippen MR) is 96.5 cm³/mol. The Kier molecular flexibility index (Phi) is 5.13. The third kappa shape index (κ3) is 3.87.